The monoisotopic (exact) mass is 151 g/mol. The van der Waals surface area contributed by atoms with Gasteiger partial charge < -0.3 is 5.32 Å². The molecule has 1 aliphatic heterocycles. The Kier molecular flexibility index (Phi) is 1.68. The van der Waals surface area contributed by atoms with E-state index in [9.17, 15) is 4.79 Å². The minimum atomic E-state index is 0.210. The number of allylic oxidation sites excluding steroid dienone is 1. The van der Waals surface area contributed by atoms with Gasteiger partial charge in [-0.1, -0.05) is 11.6 Å². The van der Waals surface area contributed by atoms with Crippen LogP contribution >= 0.6 is 0 Å². The molecule has 2 nitrogen and oxygen atoms in total. The maximum absolute atomic E-state index is 10.6. The lowest BCUT2D eigenvalue weighted by Crippen LogP contribution is -2.49. The van der Waals surface area contributed by atoms with Crippen molar-refractivity contribution in [1.29, 1.82) is 0 Å². The molecule has 11 heavy (non-hydrogen) atoms. The summed E-state index contributed by atoms with van der Waals surface area (Å²) >= 11 is 0. The van der Waals surface area contributed by atoms with Gasteiger partial charge in [0.15, 0.2) is 0 Å². The fourth-order valence-electron chi connectivity index (χ4n) is 1.76. The normalized spacial score (nSPS) is 30.4. The Hall–Kier alpha value is -0.790. The number of carbonyl (C=O) groups excluding carboxylic acids is 1. The minimum absolute atomic E-state index is 0.210. The van der Waals surface area contributed by atoms with Crippen molar-refractivity contribution in [2.24, 2.45) is 0 Å². The molecule has 0 radical (unpaired) electrons. The van der Waals surface area contributed by atoms with Crippen LogP contribution in [-0.4, -0.2) is 11.9 Å². The van der Waals surface area contributed by atoms with Gasteiger partial charge in [-0.15, -0.1) is 0 Å². The fourth-order valence-corrected chi connectivity index (χ4v) is 1.76. The Bertz CT molecular complexity index is 200. The molecule has 2 aliphatic rings. The van der Waals surface area contributed by atoms with Crippen molar-refractivity contribution in [3.05, 3.63) is 11.6 Å². The topological polar surface area (TPSA) is 29.1 Å². The SMILES string of the molecule is O=C1CC(C2=CCCCC2)N1. The first kappa shape index (κ1) is 6.89. The summed E-state index contributed by atoms with van der Waals surface area (Å²) in [6, 6.07) is 0.405. The lowest BCUT2D eigenvalue weighted by atomic mass is 9.88. The zero-order valence-electron chi connectivity index (χ0n) is 6.60. The van der Waals surface area contributed by atoms with E-state index in [0.29, 0.717) is 6.04 Å². The molecule has 0 spiro atoms. The smallest absolute Gasteiger partial charge is 0.222 e. The van der Waals surface area contributed by atoms with Gasteiger partial charge in [0.05, 0.1) is 12.5 Å². The van der Waals surface area contributed by atoms with E-state index in [4.69, 9.17) is 0 Å². The molecule has 1 saturated heterocycles. The lowest BCUT2D eigenvalue weighted by molar-refractivity contribution is -0.127. The molecule has 1 aliphatic carbocycles. The molecule has 1 N–H and O–H groups in total. The van der Waals surface area contributed by atoms with Crippen molar-refractivity contribution in [2.75, 3.05) is 0 Å². The van der Waals surface area contributed by atoms with Crippen LogP contribution in [0.2, 0.25) is 0 Å². The maximum atomic E-state index is 10.6. The van der Waals surface area contributed by atoms with E-state index in [0.717, 1.165) is 6.42 Å². The number of nitrogens with one attached hydrogen (secondary N) is 1. The van der Waals surface area contributed by atoms with Gasteiger partial charge in [-0.25, -0.2) is 0 Å². The molecule has 1 fully saturated rings. The maximum Gasteiger partial charge on any atom is 0.222 e. The van der Waals surface area contributed by atoms with E-state index >= 15 is 0 Å². The fraction of sp³-hybridized carbons (Fsp3) is 0.667. The summed E-state index contributed by atoms with van der Waals surface area (Å²) in [6.45, 7) is 0. The molecule has 1 amide bonds. The number of rotatable bonds is 1. The van der Waals surface area contributed by atoms with Gasteiger partial charge in [-0.3, -0.25) is 4.79 Å². The van der Waals surface area contributed by atoms with E-state index in [1.54, 1.807) is 0 Å². The molecule has 2 rings (SSSR count). The average Bonchev–Trinajstić information content (AvgIpc) is 2.01. The Balaban J connectivity index is 1.94. The molecule has 0 bridgehead atoms. The van der Waals surface area contributed by atoms with Crippen molar-refractivity contribution in [2.45, 2.75) is 38.1 Å². The van der Waals surface area contributed by atoms with Crippen LogP contribution < -0.4 is 5.32 Å². The van der Waals surface area contributed by atoms with Crippen LogP contribution in [0.5, 0.6) is 0 Å². The van der Waals surface area contributed by atoms with Crippen LogP contribution in [-0.2, 0) is 4.79 Å². The standard InChI is InChI=1S/C9H13NO/c11-9-6-8(10-9)7-4-2-1-3-5-7/h4,8H,1-3,5-6H2,(H,10,11). The third kappa shape index (κ3) is 1.30. The van der Waals surface area contributed by atoms with Gasteiger partial charge in [0.25, 0.3) is 0 Å². The van der Waals surface area contributed by atoms with Gasteiger partial charge >= 0.3 is 0 Å². The molecule has 2 heteroatoms. The van der Waals surface area contributed by atoms with E-state index in [2.05, 4.69) is 11.4 Å². The summed E-state index contributed by atoms with van der Waals surface area (Å²) in [5.41, 5.74) is 1.47. The Morgan fingerprint density at radius 3 is 2.82 bits per heavy atom. The highest BCUT2D eigenvalue weighted by atomic mass is 16.2. The number of β-lactam (4-membered cyclic amide) rings is 1. The first-order valence-electron chi connectivity index (χ1n) is 4.34. The van der Waals surface area contributed by atoms with Crippen LogP contribution in [0.1, 0.15) is 32.1 Å². The summed E-state index contributed by atoms with van der Waals surface area (Å²) < 4.78 is 0. The number of amides is 1. The zero-order chi connectivity index (χ0) is 7.68. The van der Waals surface area contributed by atoms with Crippen LogP contribution in [0.15, 0.2) is 11.6 Å². The van der Waals surface area contributed by atoms with E-state index < -0.39 is 0 Å². The van der Waals surface area contributed by atoms with Crippen molar-refractivity contribution >= 4 is 5.91 Å². The van der Waals surface area contributed by atoms with Crippen LogP contribution in [0.3, 0.4) is 0 Å². The summed E-state index contributed by atoms with van der Waals surface area (Å²) in [7, 11) is 0. The predicted molar refractivity (Wildman–Crippen MR) is 43.1 cm³/mol. The molecule has 1 heterocycles. The van der Waals surface area contributed by atoms with Gasteiger partial charge in [0.2, 0.25) is 5.91 Å². The average molecular weight is 151 g/mol. The summed E-state index contributed by atoms with van der Waals surface area (Å²) in [4.78, 5) is 10.6. The van der Waals surface area contributed by atoms with Gasteiger partial charge in [0.1, 0.15) is 0 Å². The van der Waals surface area contributed by atoms with Crippen LogP contribution in [0.25, 0.3) is 0 Å². The highest BCUT2D eigenvalue weighted by molar-refractivity contribution is 5.84. The van der Waals surface area contributed by atoms with Gasteiger partial charge in [-0.05, 0) is 25.7 Å². The van der Waals surface area contributed by atoms with Crippen molar-refractivity contribution in [3.8, 4) is 0 Å². The Labute approximate surface area is 66.7 Å². The van der Waals surface area contributed by atoms with E-state index in [1.807, 2.05) is 0 Å². The summed E-state index contributed by atoms with van der Waals surface area (Å²) in [5, 5.41) is 2.91. The second-order valence-electron chi connectivity index (χ2n) is 3.35. The molecule has 0 saturated carbocycles. The Morgan fingerprint density at radius 2 is 2.27 bits per heavy atom. The van der Waals surface area contributed by atoms with Crippen LogP contribution in [0.4, 0.5) is 0 Å². The van der Waals surface area contributed by atoms with Crippen molar-refractivity contribution in [1.82, 2.24) is 5.32 Å². The van der Waals surface area contributed by atoms with Crippen LogP contribution in [0, 0.1) is 0 Å². The van der Waals surface area contributed by atoms with Gasteiger partial charge in [0, 0.05) is 0 Å². The third-order valence-corrected chi connectivity index (χ3v) is 2.50. The quantitative estimate of drug-likeness (QED) is 0.445. The highest BCUT2D eigenvalue weighted by Gasteiger charge is 2.28. The minimum Gasteiger partial charge on any atom is -0.349 e. The highest BCUT2D eigenvalue weighted by Crippen LogP contribution is 2.24. The summed E-state index contributed by atoms with van der Waals surface area (Å²) in [5.74, 6) is 0.210. The second kappa shape index (κ2) is 2.68. The van der Waals surface area contributed by atoms with Crippen molar-refractivity contribution in [3.63, 3.8) is 0 Å². The number of hydrogen-bond acceptors (Lipinski definition) is 1. The number of carbonyl (C=O) groups is 1. The largest absolute Gasteiger partial charge is 0.349 e. The molecule has 1 atom stereocenters. The summed E-state index contributed by atoms with van der Waals surface area (Å²) in [6.07, 6.45) is 8.06. The first-order valence-corrected chi connectivity index (χ1v) is 4.34. The molecule has 1 unspecified atom stereocenters. The van der Waals surface area contributed by atoms with E-state index in [-0.39, 0.29) is 5.91 Å². The molecular weight excluding hydrogens is 138 g/mol. The molecular formula is C9H13NO. The lowest BCUT2D eigenvalue weighted by Gasteiger charge is -2.31. The predicted octanol–water partition coefficient (Wildman–Crippen LogP) is 1.38. The third-order valence-electron chi connectivity index (χ3n) is 2.50. The zero-order valence-corrected chi connectivity index (χ0v) is 6.60. The molecule has 0 aromatic heterocycles. The first-order chi connectivity index (χ1) is 5.36. The van der Waals surface area contributed by atoms with Gasteiger partial charge in [-0.2, -0.15) is 0 Å². The van der Waals surface area contributed by atoms with E-state index in [1.165, 1.54) is 31.3 Å². The molecule has 0 aromatic carbocycles. The molecule has 0 aromatic rings. The molecule has 60 valence electrons. The number of hydrogen-bond donors (Lipinski definition) is 1. The van der Waals surface area contributed by atoms with Crippen molar-refractivity contribution < 1.29 is 4.79 Å². The Morgan fingerprint density at radius 1 is 1.45 bits per heavy atom. The second-order valence-corrected chi connectivity index (χ2v) is 3.35.